The number of thiazole rings is 1. The Morgan fingerprint density at radius 1 is 1.24 bits per heavy atom. The summed E-state index contributed by atoms with van der Waals surface area (Å²) < 4.78 is 37.0. The van der Waals surface area contributed by atoms with Gasteiger partial charge < -0.3 is 5.32 Å². The summed E-state index contributed by atoms with van der Waals surface area (Å²) in [4.78, 5) is 16.7. The molecular weight excluding hydrogens is 327 g/mol. The summed E-state index contributed by atoms with van der Waals surface area (Å²) in [5.74, 6) is 0. The van der Waals surface area contributed by atoms with Crippen LogP contribution in [0.1, 0.15) is 20.6 Å². The van der Waals surface area contributed by atoms with Crippen LogP contribution >= 0.6 is 22.7 Å². The van der Waals surface area contributed by atoms with Gasteiger partial charge in [-0.2, -0.15) is 13.2 Å². The number of alkyl halides is 3. The zero-order valence-corrected chi connectivity index (χ0v) is 12.5. The van der Waals surface area contributed by atoms with Gasteiger partial charge in [-0.25, -0.2) is 9.78 Å². The molecule has 0 aliphatic carbocycles. The number of aromatic nitrogens is 3. The highest BCUT2D eigenvalue weighted by Gasteiger charge is 2.35. The first-order chi connectivity index (χ1) is 9.75. The number of anilines is 1. The van der Waals surface area contributed by atoms with Gasteiger partial charge in [0.15, 0.2) is 0 Å². The number of halogens is 3. The summed E-state index contributed by atoms with van der Waals surface area (Å²) in [5.41, 5.74) is 0.813. The minimum Gasteiger partial charge on any atom is -0.333 e. The average molecular weight is 337 g/mol. The van der Waals surface area contributed by atoms with E-state index in [0.717, 1.165) is 15.6 Å². The largest absolute Gasteiger partial charge is 0.445 e. The minimum absolute atomic E-state index is 0.211. The van der Waals surface area contributed by atoms with E-state index >= 15 is 0 Å². The Morgan fingerprint density at radius 2 is 1.95 bits per heavy atom. The molecule has 2 heterocycles. The summed E-state index contributed by atoms with van der Waals surface area (Å²) in [6, 6.07) is -0.648. The SMILES string of the molecule is Cc1nc(C)c(CNC(=O)Nc2nnc(C(F)(F)F)s2)s1. The molecular formula is C10H10F3N5OS2. The van der Waals surface area contributed by atoms with Crippen molar-refractivity contribution in [1.29, 1.82) is 0 Å². The number of aryl methyl sites for hydroxylation is 2. The molecule has 2 aromatic heterocycles. The van der Waals surface area contributed by atoms with Gasteiger partial charge in [0.2, 0.25) is 10.1 Å². The number of hydrogen-bond donors (Lipinski definition) is 2. The van der Waals surface area contributed by atoms with Crippen molar-refractivity contribution in [2.45, 2.75) is 26.6 Å². The van der Waals surface area contributed by atoms with E-state index in [0.29, 0.717) is 0 Å². The summed E-state index contributed by atoms with van der Waals surface area (Å²) in [6.07, 6.45) is -4.56. The molecule has 0 aromatic carbocycles. The third kappa shape index (κ3) is 4.11. The van der Waals surface area contributed by atoms with Crippen molar-refractivity contribution in [3.8, 4) is 0 Å². The lowest BCUT2D eigenvalue weighted by atomic mass is 10.4. The number of rotatable bonds is 3. The van der Waals surface area contributed by atoms with Crippen LogP contribution in [0.3, 0.4) is 0 Å². The molecule has 0 fully saturated rings. The standard InChI is InChI=1S/C10H10F3N5OS2/c1-4-6(20-5(2)15-4)3-14-8(19)16-9-18-17-7(21-9)10(11,12)13/h3H2,1-2H3,(H2,14,16,18,19). The van der Waals surface area contributed by atoms with Crippen LogP contribution in [0.2, 0.25) is 0 Å². The van der Waals surface area contributed by atoms with Crippen LogP contribution in [-0.2, 0) is 12.7 Å². The van der Waals surface area contributed by atoms with Gasteiger partial charge in [-0.15, -0.1) is 21.5 Å². The molecule has 6 nitrogen and oxygen atoms in total. The Balaban J connectivity index is 1.90. The molecule has 11 heteroatoms. The molecule has 0 atom stereocenters. The van der Waals surface area contributed by atoms with Crippen LogP contribution in [0.4, 0.5) is 23.1 Å². The van der Waals surface area contributed by atoms with E-state index in [-0.39, 0.29) is 23.0 Å². The number of nitrogens with zero attached hydrogens (tertiary/aromatic N) is 3. The van der Waals surface area contributed by atoms with Crippen molar-refractivity contribution in [2.24, 2.45) is 0 Å². The predicted molar refractivity (Wildman–Crippen MR) is 72.4 cm³/mol. The molecule has 0 bridgehead atoms. The van der Waals surface area contributed by atoms with Gasteiger partial charge in [-0.1, -0.05) is 11.3 Å². The van der Waals surface area contributed by atoms with Crippen LogP contribution in [0.25, 0.3) is 0 Å². The number of carbonyl (C=O) groups excluding carboxylic acids is 1. The van der Waals surface area contributed by atoms with Crippen molar-refractivity contribution < 1.29 is 18.0 Å². The Bertz CT molecular complexity index is 651. The number of hydrogen-bond acceptors (Lipinski definition) is 6. The maximum atomic E-state index is 12.3. The quantitative estimate of drug-likeness (QED) is 0.902. The number of amides is 2. The maximum absolute atomic E-state index is 12.3. The van der Waals surface area contributed by atoms with Gasteiger partial charge in [-0.3, -0.25) is 5.32 Å². The van der Waals surface area contributed by atoms with Gasteiger partial charge in [-0.05, 0) is 13.8 Å². The first-order valence-corrected chi connectivity index (χ1v) is 7.27. The molecule has 0 radical (unpaired) electrons. The van der Waals surface area contributed by atoms with E-state index in [1.54, 1.807) is 0 Å². The zero-order chi connectivity index (χ0) is 15.6. The fourth-order valence-corrected chi connectivity index (χ4v) is 2.91. The van der Waals surface area contributed by atoms with Crippen molar-refractivity contribution >= 4 is 33.8 Å². The highest BCUT2D eigenvalue weighted by molar-refractivity contribution is 7.15. The van der Waals surface area contributed by atoms with Gasteiger partial charge in [0.1, 0.15) is 0 Å². The first kappa shape index (κ1) is 15.6. The van der Waals surface area contributed by atoms with Gasteiger partial charge >= 0.3 is 12.2 Å². The van der Waals surface area contributed by atoms with Crippen LogP contribution in [0.5, 0.6) is 0 Å². The topological polar surface area (TPSA) is 79.8 Å². The smallest absolute Gasteiger partial charge is 0.333 e. The second-order valence-corrected chi connectivity index (χ2v) is 6.22. The van der Waals surface area contributed by atoms with Gasteiger partial charge in [0, 0.05) is 4.88 Å². The van der Waals surface area contributed by atoms with Crippen molar-refractivity contribution in [2.75, 3.05) is 5.32 Å². The Kier molecular flexibility index (Phi) is 4.42. The monoisotopic (exact) mass is 337 g/mol. The average Bonchev–Trinajstić information content (AvgIpc) is 2.93. The molecule has 0 aliphatic heterocycles. The van der Waals surface area contributed by atoms with Gasteiger partial charge in [0.25, 0.3) is 0 Å². The van der Waals surface area contributed by atoms with Crippen molar-refractivity contribution in [3.05, 3.63) is 20.6 Å². The lowest BCUT2D eigenvalue weighted by molar-refractivity contribution is -0.138. The van der Waals surface area contributed by atoms with Crippen LogP contribution < -0.4 is 10.6 Å². The normalized spacial score (nSPS) is 11.5. The molecule has 0 spiro atoms. The number of carbonyl (C=O) groups is 1. The van der Waals surface area contributed by atoms with E-state index in [2.05, 4.69) is 25.8 Å². The van der Waals surface area contributed by atoms with E-state index in [4.69, 9.17) is 0 Å². The van der Waals surface area contributed by atoms with Crippen molar-refractivity contribution in [3.63, 3.8) is 0 Å². The highest BCUT2D eigenvalue weighted by Crippen LogP contribution is 2.32. The van der Waals surface area contributed by atoms with E-state index in [1.165, 1.54) is 11.3 Å². The fraction of sp³-hybridized carbons (Fsp3) is 0.400. The molecule has 0 saturated heterocycles. The molecule has 21 heavy (non-hydrogen) atoms. The summed E-state index contributed by atoms with van der Waals surface area (Å²) in [6.45, 7) is 3.91. The number of urea groups is 1. The van der Waals surface area contributed by atoms with E-state index < -0.39 is 17.2 Å². The third-order valence-corrected chi connectivity index (χ3v) is 4.25. The molecule has 0 saturated carbocycles. The fourth-order valence-electron chi connectivity index (χ4n) is 1.43. The van der Waals surface area contributed by atoms with Crippen LogP contribution in [-0.4, -0.2) is 21.2 Å². The van der Waals surface area contributed by atoms with E-state index in [9.17, 15) is 18.0 Å². The molecule has 0 aliphatic rings. The molecule has 2 rings (SSSR count). The molecule has 2 amide bonds. The molecule has 114 valence electrons. The zero-order valence-electron chi connectivity index (χ0n) is 10.9. The molecule has 2 N–H and O–H groups in total. The Labute approximate surface area is 125 Å². The third-order valence-electron chi connectivity index (χ3n) is 2.30. The second kappa shape index (κ2) is 5.93. The maximum Gasteiger partial charge on any atom is 0.445 e. The lowest BCUT2D eigenvalue weighted by Crippen LogP contribution is -2.28. The van der Waals surface area contributed by atoms with Crippen molar-refractivity contribution in [1.82, 2.24) is 20.5 Å². The first-order valence-electron chi connectivity index (χ1n) is 5.64. The molecule has 2 aromatic rings. The minimum atomic E-state index is -4.56. The Morgan fingerprint density at radius 3 is 2.48 bits per heavy atom. The van der Waals surface area contributed by atoms with Crippen LogP contribution in [0.15, 0.2) is 0 Å². The van der Waals surface area contributed by atoms with Gasteiger partial charge in [0.05, 0.1) is 17.2 Å². The summed E-state index contributed by atoms with van der Waals surface area (Å²) in [5, 5.41) is 10.5. The summed E-state index contributed by atoms with van der Waals surface area (Å²) >= 11 is 1.71. The highest BCUT2D eigenvalue weighted by atomic mass is 32.1. The summed E-state index contributed by atoms with van der Waals surface area (Å²) in [7, 11) is 0. The number of nitrogens with one attached hydrogen (secondary N) is 2. The van der Waals surface area contributed by atoms with E-state index in [1.807, 2.05) is 13.8 Å². The van der Waals surface area contributed by atoms with Crippen LogP contribution in [0, 0.1) is 13.8 Å². The predicted octanol–water partition coefficient (Wildman–Crippen LogP) is 2.95. The lowest BCUT2D eigenvalue weighted by Gasteiger charge is -2.03. The Hall–Kier alpha value is -1.75. The second-order valence-electron chi connectivity index (χ2n) is 3.96. The molecule has 0 unspecified atom stereocenters.